The van der Waals surface area contributed by atoms with Crippen LogP contribution in [0.2, 0.25) is 0 Å². The second-order valence-corrected chi connectivity index (χ2v) is 5.89. The summed E-state index contributed by atoms with van der Waals surface area (Å²) in [5.74, 6) is 0. The van der Waals surface area contributed by atoms with Crippen molar-refractivity contribution in [3.05, 3.63) is 59.7 Å². The van der Waals surface area contributed by atoms with Gasteiger partial charge in [-0.3, -0.25) is 4.18 Å². The maximum Gasteiger partial charge on any atom is 0.297 e. The standard InChI is InChI=1S/C14H15NO3S/c1-11-2-8-14(9-3-11)19(16,17)18-10-12-4-6-13(15)7-5-12/h2-9H,10,15H2,1H3. The number of hydrogen-bond acceptors (Lipinski definition) is 4. The summed E-state index contributed by atoms with van der Waals surface area (Å²) in [6.07, 6.45) is 0. The first-order chi connectivity index (χ1) is 8.97. The normalized spacial score (nSPS) is 11.4. The molecule has 0 aliphatic carbocycles. The van der Waals surface area contributed by atoms with E-state index in [1.165, 1.54) is 12.1 Å². The zero-order valence-electron chi connectivity index (χ0n) is 10.5. The molecule has 0 atom stereocenters. The number of benzene rings is 2. The third kappa shape index (κ3) is 3.56. The van der Waals surface area contributed by atoms with Gasteiger partial charge in [0.05, 0.1) is 11.5 Å². The van der Waals surface area contributed by atoms with Gasteiger partial charge in [-0.25, -0.2) is 0 Å². The van der Waals surface area contributed by atoms with E-state index in [1.54, 1.807) is 36.4 Å². The van der Waals surface area contributed by atoms with Crippen LogP contribution in [0.3, 0.4) is 0 Å². The number of nitrogens with two attached hydrogens (primary N) is 1. The smallest absolute Gasteiger partial charge is 0.297 e. The molecule has 2 N–H and O–H groups in total. The lowest BCUT2D eigenvalue weighted by Crippen LogP contribution is -2.06. The molecule has 0 bridgehead atoms. The molecule has 0 saturated carbocycles. The van der Waals surface area contributed by atoms with Crippen molar-refractivity contribution in [3.63, 3.8) is 0 Å². The average Bonchev–Trinajstić information content (AvgIpc) is 2.39. The highest BCUT2D eigenvalue weighted by molar-refractivity contribution is 7.86. The SMILES string of the molecule is Cc1ccc(S(=O)(=O)OCc2ccc(N)cc2)cc1. The molecule has 0 aliphatic heterocycles. The Hall–Kier alpha value is -1.85. The van der Waals surface area contributed by atoms with Crippen LogP contribution < -0.4 is 5.73 Å². The number of nitrogen functional groups attached to an aromatic ring is 1. The van der Waals surface area contributed by atoms with Crippen LogP contribution in [0.1, 0.15) is 11.1 Å². The number of rotatable bonds is 4. The van der Waals surface area contributed by atoms with Crippen molar-refractivity contribution in [2.75, 3.05) is 5.73 Å². The maximum atomic E-state index is 11.9. The third-order valence-electron chi connectivity index (χ3n) is 2.67. The molecule has 2 rings (SSSR count). The zero-order valence-corrected chi connectivity index (χ0v) is 11.4. The van der Waals surface area contributed by atoms with Gasteiger partial charge in [-0.1, -0.05) is 29.8 Å². The van der Waals surface area contributed by atoms with E-state index in [2.05, 4.69) is 0 Å². The Morgan fingerprint density at radius 1 is 1.00 bits per heavy atom. The molecular weight excluding hydrogens is 262 g/mol. The van der Waals surface area contributed by atoms with Gasteiger partial charge in [0.2, 0.25) is 0 Å². The zero-order chi connectivity index (χ0) is 13.9. The highest BCUT2D eigenvalue weighted by Gasteiger charge is 2.14. The van der Waals surface area contributed by atoms with Gasteiger partial charge in [0, 0.05) is 5.69 Å². The van der Waals surface area contributed by atoms with Gasteiger partial charge in [0.25, 0.3) is 10.1 Å². The number of anilines is 1. The van der Waals surface area contributed by atoms with Crippen molar-refractivity contribution in [1.82, 2.24) is 0 Å². The summed E-state index contributed by atoms with van der Waals surface area (Å²) in [5, 5.41) is 0. The summed E-state index contributed by atoms with van der Waals surface area (Å²) in [7, 11) is -3.72. The lowest BCUT2D eigenvalue weighted by atomic mass is 10.2. The molecule has 0 saturated heterocycles. The summed E-state index contributed by atoms with van der Waals surface area (Å²) >= 11 is 0. The molecule has 0 spiro atoms. The summed E-state index contributed by atoms with van der Waals surface area (Å²) in [5.41, 5.74) is 7.94. The van der Waals surface area contributed by atoms with E-state index in [0.717, 1.165) is 11.1 Å². The largest absolute Gasteiger partial charge is 0.399 e. The van der Waals surface area contributed by atoms with Crippen LogP contribution >= 0.6 is 0 Å². The molecule has 100 valence electrons. The van der Waals surface area contributed by atoms with Crippen LogP contribution in [0.15, 0.2) is 53.4 Å². The molecule has 19 heavy (non-hydrogen) atoms. The van der Waals surface area contributed by atoms with Gasteiger partial charge in [-0.05, 0) is 36.8 Å². The molecule has 0 aromatic heterocycles. The molecule has 0 fully saturated rings. The van der Waals surface area contributed by atoms with E-state index in [9.17, 15) is 8.42 Å². The predicted octanol–water partition coefficient (Wildman–Crippen LogP) is 2.48. The molecular formula is C14H15NO3S. The summed E-state index contributed by atoms with van der Waals surface area (Å²) < 4.78 is 28.9. The molecule has 5 heteroatoms. The molecule has 4 nitrogen and oxygen atoms in total. The van der Waals surface area contributed by atoms with Crippen LogP contribution in [0, 0.1) is 6.92 Å². The van der Waals surface area contributed by atoms with Gasteiger partial charge in [0.1, 0.15) is 0 Å². The minimum Gasteiger partial charge on any atom is -0.399 e. The second-order valence-electron chi connectivity index (χ2n) is 4.27. The van der Waals surface area contributed by atoms with E-state index >= 15 is 0 Å². The molecule has 2 aromatic rings. The first-order valence-electron chi connectivity index (χ1n) is 5.78. The van der Waals surface area contributed by atoms with Crippen LogP contribution in [0.25, 0.3) is 0 Å². The van der Waals surface area contributed by atoms with Crippen molar-refractivity contribution in [2.24, 2.45) is 0 Å². The molecule has 0 unspecified atom stereocenters. The van der Waals surface area contributed by atoms with Gasteiger partial charge < -0.3 is 5.73 Å². The lowest BCUT2D eigenvalue weighted by molar-refractivity contribution is 0.308. The molecule has 0 aliphatic rings. The number of aryl methyl sites for hydroxylation is 1. The minimum absolute atomic E-state index is 0.00348. The Bertz CT molecular complexity index is 646. The van der Waals surface area contributed by atoms with E-state index in [0.29, 0.717) is 5.69 Å². The Labute approximate surface area is 113 Å². The third-order valence-corrected chi connectivity index (χ3v) is 3.95. The first-order valence-corrected chi connectivity index (χ1v) is 7.19. The Morgan fingerprint density at radius 3 is 2.16 bits per heavy atom. The lowest BCUT2D eigenvalue weighted by Gasteiger charge is -2.06. The Balaban J connectivity index is 2.09. The van der Waals surface area contributed by atoms with Crippen molar-refractivity contribution in [2.45, 2.75) is 18.4 Å². The van der Waals surface area contributed by atoms with Crippen molar-refractivity contribution in [3.8, 4) is 0 Å². The van der Waals surface area contributed by atoms with E-state index in [4.69, 9.17) is 9.92 Å². The van der Waals surface area contributed by atoms with Gasteiger partial charge in [0.15, 0.2) is 0 Å². The van der Waals surface area contributed by atoms with Crippen molar-refractivity contribution in [1.29, 1.82) is 0 Å². The van der Waals surface area contributed by atoms with Gasteiger partial charge in [-0.2, -0.15) is 8.42 Å². The molecule has 2 aromatic carbocycles. The van der Waals surface area contributed by atoms with E-state index in [-0.39, 0.29) is 11.5 Å². The molecule has 0 amide bonds. The highest BCUT2D eigenvalue weighted by atomic mass is 32.2. The maximum absolute atomic E-state index is 11.9. The topological polar surface area (TPSA) is 69.4 Å². The quantitative estimate of drug-likeness (QED) is 0.688. The predicted molar refractivity (Wildman–Crippen MR) is 74.0 cm³/mol. The van der Waals surface area contributed by atoms with Crippen molar-refractivity contribution >= 4 is 15.8 Å². The fraction of sp³-hybridized carbons (Fsp3) is 0.143. The van der Waals surface area contributed by atoms with Crippen molar-refractivity contribution < 1.29 is 12.6 Å². The second kappa shape index (κ2) is 5.42. The van der Waals surface area contributed by atoms with Crippen LogP contribution in [0.5, 0.6) is 0 Å². The summed E-state index contributed by atoms with van der Waals surface area (Å²) in [4.78, 5) is 0.161. The van der Waals surface area contributed by atoms with Gasteiger partial charge in [-0.15, -0.1) is 0 Å². The first kappa shape index (κ1) is 13.6. The summed E-state index contributed by atoms with van der Waals surface area (Å²) in [6, 6.07) is 13.4. The molecule has 0 heterocycles. The molecule has 0 radical (unpaired) electrons. The van der Waals surface area contributed by atoms with Crippen LogP contribution in [-0.2, 0) is 20.9 Å². The Morgan fingerprint density at radius 2 is 1.58 bits per heavy atom. The Kier molecular flexibility index (Phi) is 3.87. The van der Waals surface area contributed by atoms with Crippen LogP contribution in [0.4, 0.5) is 5.69 Å². The fourth-order valence-corrected chi connectivity index (χ4v) is 2.43. The van der Waals surface area contributed by atoms with E-state index < -0.39 is 10.1 Å². The monoisotopic (exact) mass is 277 g/mol. The summed E-state index contributed by atoms with van der Waals surface area (Å²) in [6.45, 7) is 1.89. The van der Waals surface area contributed by atoms with Crippen LogP contribution in [-0.4, -0.2) is 8.42 Å². The average molecular weight is 277 g/mol. The minimum atomic E-state index is -3.72. The van der Waals surface area contributed by atoms with E-state index in [1.807, 2.05) is 6.92 Å². The van der Waals surface area contributed by atoms with Gasteiger partial charge >= 0.3 is 0 Å². The highest BCUT2D eigenvalue weighted by Crippen LogP contribution is 2.15. The fourth-order valence-electron chi connectivity index (χ4n) is 1.53. The number of hydrogen-bond donors (Lipinski definition) is 1.